The van der Waals surface area contributed by atoms with Crippen molar-refractivity contribution < 1.29 is 4.79 Å². The van der Waals surface area contributed by atoms with Crippen molar-refractivity contribution in [3.63, 3.8) is 0 Å². The van der Waals surface area contributed by atoms with E-state index in [-0.39, 0.29) is 11.2 Å². The molecule has 0 spiro atoms. The van der Waals surface area contributed by atoms with Crippen LogP contribution in [0.4, 0.5) is 0 Å². The predicted octanol–water partition coefficient (Wildman–Crippen LogP) is 4.23. The average Bonchev–Trinajstić information content (AvgIpc) is 2.15. The minimum atomic E-state index is -0.259. The summed E-state index contributed by atoms with van der Waals surface area (Å²) >= 11 is 0. The number of benzene rings is 1. The number of rotatable bonds is 3. The van der Waals surface area contributed by atoms with Gasteiger partial charge in [0.1, 0.15) is 0 Å². The number of carbonyl (C=O) groups excluding carboxylic acids is 1. The molecule has 1 aromatic rings. The maximum atomic E-state index is 12.5. The lowest BCUT2D eigenvalue weighted by Gasteiger charge is -2.23. The van der Waals surface area contributed by atoms with Crippen LogP contribution in [-0.2, 0) is 0 Å². The van der Waals surface area contributed by atoms with Crippen molar-refractivity contribution in [2.24, 2.45) is 5.41 Å². The largest absolute Gasteiger partial charge is 0.294 e. The van der Waals surface area contributed by atoms with Gasteiger partial charge < -0.3 is 0 Å². The Morgan fingerprint density at radius 1 is 1.12 bits per heavy atom. The summed E-state index contributed by atoms with van der Waals surface area (Å²) in [5.41, 5.74) is 4.08. The van der Waals surface area contributed by atoms with Crippen LogP contribution in [0.25, 0.3) is 0 Å². The van der Waals surface area contributed by atoms with Crippen LogP contribution in [0.5, 0.6) is 0 Å². The first-order valence-electron chi connectivity index (χ1n) is 5.92. The Bertz CT molecular complexity index is 390. The Labute approximate surface area is 98.9 Å². The maximum absolute atomic E-state index is 12.5. The lowest BCUT2D eigenvalue weighted by atomic mass is 9.79. The lowest BCUT2D eigenvalue weighted by Crippen LogP contribution is -2.25. The fourth-order valence-electron chi connectivity index (χ4n) is 2.04. The van der Waals surface area contributed by atoms with Gasteiger partial charge >= 0.3 is 0 Å². The smallest absolute Gasteiger partial charge is 0.168 e. The first-order chi connectivity index (χ1) is 7.29. The summed E-state index contributed by atoms with van der Waals surface area (Å²) in [6.07, 6.45) is 0.874. The van der Waals surface area contributed by atoms with Gasteiger partial charge in [-0.3, -0.25) is 4.79 Å². The molecule has 0 amide bonds. The Balaban J connectivity index is 3.30. The minimum Gasteiger partial charge on any atom is -0.294 e. The number of Topliss-reactive ketones (excluding diaryl/α,β-unsaturated/α-hetero) is 1. The van der Waals surface area contributed by atoms with E-state index in [1.165, 1.54) is 5.56 Å². The quantitative estimate of drug-likeness (QED) is 0.694. The third kappa shape index (κ3) is 2.34. The summed E-state index contributed by atoms with van der Waals surface area (Å²) in [4.78, 5) is 12.5. The van der Waals surface area contributed by atoms with E-state index in [9.17, 15) is 4.79 Å². The molecule has 0 saturated heterocycles. The first kappa shape index (κ1) is 13.0. The number of aryl methyl sites for hydroxylation is 3. The van der Waals surface area contributed by atoms with Gasteiger partial charge in [-0.2, -0.15) is 0 Å². The monoisotopic (exact) mass is 218 g/mol. The standard InChI is InChI=1S/C15H22O/c1-7-15(5,6)14(16)13-11(3)8-10(2)9-12(13)4/h8-9H,7H2,1-6H3. The summed E-state index contributed by atoms with van der Waals surface area (Å²) in [5, 5.41) is 0. The van der Waals surface area contributed by atoms with Gasteiger partial charge in [0.25, 0.3) is 0 Å². The molecular formula is C15H22O. The summed E-state index contributed by atoms with van der Waals surface area (Å²) in [7, 11) is 0. The van der Waals surface area contributed by atoms with Crippen LogP contribution >= 0.6 is 0 Å². The molecule has 88 valence electrons. The summed E-state index contributed by atoms with van der Waals surface area (Å²) < 4.78 is 0. The van der Waals surface area contributed by atoms with Gasteiger partial charge in [-0.15, -0.1) is 0 Å². The van der Waals surface area contributed by atoms with Gasteiger partial charge in [-0.1, -0.05) is 38.5 Å². The van der Waals surface area contributed by atoms with Crippen molar-refractivity contribution in [1.29, 1.82) is 0 Å². The highest BCUT2D eigenvalue weighted by Crippen LogP contribution is 2.29. The molecule has 0 N–H and O–H groups in total. The van der Waals surface area contributed by atoms with Crippen molar-refractivity contribution in [2.45, 2.75) is 48.0 Å². The fourth-order valence-corrected chi connectivity index (χ4v) is 2.04. The van der Waals surface area contributed by atoms with Gasteiger partial charge in [-0.05, 0) is 38.3 Å². The third-order valence-electron chi connectivity index (χ3n) is 3.40. The number of hydrogen-bond donors (Lipinski definition) is 0. The Morgan fingerprint density at radius 2 is 1.56 bits per heavy atom. The summed E-state index contributed by atoms with van der Waals surface area (Å²) in [6.45, 7) is 12.2. The molecule has 0 fully saturated rings. The van der Waals surface area contributed by atoms with Crippen molar-refractivity contribution in [3.8, 4) is 0 Å². The van der Waals surface area contributed by atoms with E-state index in [2.05, 4.69) is 26.0 Å². The fraction of sp³-hybridized carbons (Fsp3) is 0.533. The molecule has 16 heavy (non-hydrogen) atoms. The average molecular weight is 218 g/mol. The van der Waals surface area contributed by atoms with Crippen LogP contribution in [0.2, 0.25) is 0 Å². The van der Waals surface area contributed by atoms with Crippen LogP contribution in [0.1, 0.15) is 54.2 Å². The van der Waals surface area contributed by atoms with E-state index >= 15 is 0 Å². The topological polar surface area (TPSA) is 17.1 Å². The maximum Gasteiger partial charge on any atom is 0.168 e. The lowest BCUT2D eigenvalue weighted by molar-refractivity contribution is 0.0831. The summed E-state index contributed by atoms with van der Waals surface area (Å²) in [6, 6.07) is 4.18. The zero-order chi connectivity index (χ0) is 12.5. The molecular weight excluding hydrogens is 196 g/mol. The number of ketones is 1. The Hall–Kier alpha value is -1.11. The van der Waals surface area contributed by atoms with Gasteiger partial charge in [0.15, 0.2) is 5.78 Å². The third-order valence-corrected chi connectivity index (χ3v) is 3.40. The molecule has 1 nitrogen and oxygen atoms in total. The van der Waals surface area contributed by atoms with Gasteiger partial charge in [0.05, 0.1) is 0 Å². The van der Waals surface area contributed by atoms with Crippen LogP contribution in [-0.4, -0.2) is 5.78 Å². The molecule has 1 heteroatoms. The van der Waals surface area contributed by atoms with Crippen LogP contribution in [0, 0.1) is 26.2 Å². The first-order valence-corrected chi connectivity index (χ1v) is 5.92. The van der Waals surface area contributed by atoms with Crippen LogP contribution < -0.4 is 0 Å². The normalized spacial score (nSPS) is 11.6. The van der Waals surface area contributed by atoms with E-state index in [4.69, 9.17) is 0 Å². The Morgan fingerprint density at radius 3 is 1.94 bits per heavy atom. The highest BCUT2D eigenvalue weighted by Gasteiger charge is 2.28. The molecule has 0 aliphatic heterocycles. The van der Waals surface area contributed by atoms with E-state index in [1.54, 1.807) is 0 Å². The molecule has 0 radical (unpaired) electrons. The highest BCUT2D eigenvalue weighted by molar-refractivity contribution is 6.02. The van der Waals surface area contributed by atoms with Crippen molar-refractivity contribution in [3.05, 3.63) is 34.4 Å². The second-order valence-electron chi connectivity index (χ2n) is 5.34. The van der Waals surface area contributed by atoms with E-state index in [0.29, 0.717) is 0 Å². The molecule has 0 atom stereocenters. The zero-order valence-electron chi connectivity index (χ0n) is 11.3. The van der Waals surface area contributed by atoms with E-state index < -0.39 is 0 Å². The predicted molar refractivity (Wildman–Crippen MR) is 69.1 cm³/mol. The SMILES string of the molecule is CCC(C)(C)C(=O)c1c(C)cc(C)cc1C. The van der Waals surface area contributed by atoms with Crippen LogP contribution in [0.3, 0.4) is 0 Å². The molecule has 0 saturated carbocycles. The molecule has 0 aliphatic rings. The molecule has 1 aromatic carbocycles. The van der Waals surface area contributed by atoms with Gasteiger partial charge in [0, 0.05) is 11.0 Å². The molecule has 0 aliphatic carbocycles. The van der Waals surface area contributed by atoms with E-state index in [1.807, 2.05) is 27.7 Å². The van der Waals surface area contributed by atoms with E-state index in [0.717, 1.165) is 23.1 Å². The van der Waals surface area contributed by atoms with Gasteiger partial charge in [0.2, 0.25) is 0 Å². The highest BCUT2D eigenvalue weighted by atomic mass is 16.1. The molecule has 0 bridgehead atoms. The minimum absolute atomic E-state index is 0.259. The van der Waals surface area contributed by atoms with Crippen molar-refractivity contribution in [1.82, 2.24) is 0 Å². The molecule has 0 unspecified atom stereocenters. The molecule has 0 aromatic heterocycles. The van der Waals surface area contributed by atoms with Gasteiger partial charge in [-0.25, -0.2) is 0 Å². The Kier molecular flexibility index (Phi) is 3.57. The number of carbonyl (C=O) groups is 1. The molecule has 1 rings (SSSR count). The van der Waals surface area contributed by atoms with Crippen LogP contribution in [0.15, 0.2) is 12.1 Å². The van der Waals surface area contributed by atoms with Crippen molar-refractivity contribution >= 4 is 5.78 Å². The second-order valence-corrected chi connectivity index (χ2v) is 5.34. The van der Waals surface area contributed by atoms with Crippen molar-refractivity contribution in [2.75, 3.05) is 0 Å². The zero-order valence-corrected chi connectivity index (χ0v) is 11.3. The summed E-state index contributed by atoms with van der Waals surface area (Å²) in [5.74, 6) is 0.269. The number of hydrogen-bond acceptors (Lipinski definition) is 1. The second kappa shape index (κ2) is 4.40. The molecule has 0 heterocycles.